The molecule has 184 valence electrons. The van der Waals surface area contributed by atoms with Crippen LogP contribution in [0.2, 0.25) is 0 Å². The molecular weight excluding hydrogens is 404 g/mol. The molecule has 0 aromatic rings. The Balaban J connectivity index is -0.000000460. The Bertz CT molecular complexity index is 535. The number of hydrogen-bond donors (Lipinski definition) is 4. The van der Waals surface area contributed by atoms with Gasteiger partial charge < -0.3 is 20.4 Å². The highest BCUT2D eigenvalue weighted by Gasteiger charge is 2.45. The van der Waals surface area contributed by atoms with Gasteiger partial charge in [-0.25, -0.2) is 0 Å². The number of hydrogen-bond acceptors (Lipinski definition) is 4. The van der Waals surface area contributed by atoms with Crippen molar-refractivity contribution >= 4 is 23.9 Å². The van der Waals surface area contributed by atoms with Crippen molar-refractivity contribution in [2.45, 2.75) is 101 Å². The van der Waals surface area contributed by atoms with E-state index >= 15 is 0 Å². The molecule has 0 aromatic heterocycles. The molecule has 0 aliphatic carbocycles. The summed E-state index contributed by atoms with van der Waals surface area (Å²) in [6, 6.07) is 0. The van der Waals surface area contributed by atoms with Gasteiger partial charge in [0.15, 0.2) is 0 Å². The van der Waals surface area contributed by atoms with Gasteiger partial charge in [0.2, 0.25) is 0 Å². The summed E-state index contributed by atoms with van der Waals surface area (Å²) in [5.74, 6) is -4.33. The van der Waals surface area contributed by atoms with E-state index in [2.05, 4.69) is 0 Å². The minimum atomic E-state index is -1.10. The second-order valence-electron chi connectivity index (χ2n) is 9.84. The predicted molar refractivity (Wildman–Crippen MR) is 120 cm³/mol. The van der Waals surface area contributed by atoms with Gasteiger partial charge in [0, 0.05) is 0 Å². The standard InChI is InChI=1S/C13H24O4.2C5H10O2/c1-4-6-8-13(12(16)17,9-7-5-2)10(3)11(14)15;2*1-5(2,3)4(6)7/h10H,4-9H2,1-3H3,(H,14,15)(H,16,17);2*1-3H3,(H,6,7). The lowest BCUT2D eigenvalue weighted by Gasteiger charge is -2.33. The Hall–Kier alpha value is -2.12. The van der Waals surface area contributed by atoms with E-state index in [0.29, 0.717) is 12.8 Å². The second-order valence-corrected chi connectivity index (χ2v) is 9.84. The summed E-state index contributed by atoms with van der Waals surface area (Å²) in [5.41, 5.74) is -2.27. The topological polar surface area (TPSA) is 149 Å². The Kier molecular flexibility index (Phi) is 16.0. The van der Waals surface area contributed by atoms with Crippen LogP contribution in [0, 0.1) is 22.2 Å². The van der Waals surface area contributed by atoms with Gasteiger partial charge in [0.1, 0.15) is 0 Å². The molecule has 0 amide bonds. The lowest BCUT2D eigenvalue weighted by Crippen LogP contribution is -2.41. The van der Waals surface area contributed by atoms with E-state index in [-0.39, 0.29) is 0 Å². The van der Waals surface area contributed by atoms with Crippen LogP contribution in [0.25, 0.3) is 0 Å². The molecule has 0 aliphatic rings. The Morgan fingerprint density at radius 2 is 0.903 bits per heavy atom. The van der Waals surface area contributed by atoms with Crippen molar-refractivity contribution in [1.82, 2.24) is 0 Å². The number of carboxylic acid groups (broad SMARTS) is 4. The molecule has 0 saturated heterocycles. The molecular formula is C23H44O8. The van der Waals surface area contributed by atoms with E-state index in [4.69, 9.17) is 15.3 Å². The van der Waals surface area contributed by atoms with E-state index in [1.807, 2.05) is 13.8 Å². The summed E-state index contributed by atoms with van der Waals surface area (Å²) in [4.78, 5) is 42.7. The SMILES string of the molecule is CC(C)(C)C(=O)O.CC(C)(C)C(=O)O.CCCCC(CCCC)(C(=O)O)C(C)C(=O)O. The Morgan fingerprint density at radius 3 is 1.03 bits per heavy atom. The van der Waals surface area contributed by atoms with Crippen LogP contribution < -0.4 is 0 Å². The van der Waals surface area contributed by atoms with Gasteiger partial charge in [-0.3, -0.25) is 19.2 Å². The van der Waals surface area contributed by atoms with E-state index in [9.17, 15) is 24.3 Å². The van der Waals surface area contributed by atoms with Crippen molar-refractivity contribution in [3.8, 4) is 0 Å². The zero-order chi connectivity index (χ0) is 25.6. The first kappa shape index (κ1) is 33.5. The van der Waals surface area contributed by atoms with Crippen molar-refractivity contribution in [3.63, 3.8) is 0 Å². The zero-order valence-corrected chi connectivity index (χ0v) is 20.7. The zero-order valence-electron chi connectivity index (χ0n) is 20.7. The van der Waals surface area contributed by atoms with Crippen LogP contribution in [-0.4, -0.2) is 44.3 Å². The average molecular weight is 449 g/mol. The van der Waals surface area contributed by atoms with E-state index in [1.54, 1.807) is 41.5 Å². The van der Waals surface area contributed by atoms with Gasteiger partial charge in [0.05, 0.1) is 22.2 Å². The fourth-order valence-corrected chi connectivity index (χ4v) is 2.18. The molecule has 8 nitrogen and oxygen atoms in total. The minimum Gasteiger partial charge on any atom is -0.481 e. The van der Waals surface area contributed by atoms with Gasteiger partial charge in [-0.05, 0) is 54.4 Å². The smallest absolute Gasteiger partial charge is 0.310 e. The normalized spacial score (nSPS) is 12.4. The highest BCUT2D eigenvalue weighted by molar-refractivity contribution is 5.83. The van der Waals surface area contributed by atoms with Crippen LogP contribution in [0.5, 0.6) is 0 Å². The molecule has 0 heterocycles. The van der Waals surface area contributed by atoms with Crippen LogP contribution in [0.1, 0.15) is 101 Å². The maximum atomic E-state index is 11.5. The molecule has 0 rings (SSSR count). The third-order valence-corrected chi connectivity index (χ3v) is 4.86. The van der Waals surface area contributed by atoms with Crippen molar-refractivity contribution in [2.24, 2.45) is 22.2 Å². The van der Waals surface area contributed by atoms with E-state index < -0.39 is 46.0 Å². The van der Waals surface area contributed by atoms with Crippen molar-refractivity contribution in [2.75, 3.05) is 0 Å². The first-order valence-electron chi connectivity index (χ1n) is 10.7. The molecule has 0 radical (unpaired) electrons. The molecule has 0 spiro atoms. The van der Waals surface area contributed by atoms with Gasteiger partial charge in [-0.2, -0.15) is 0 Å². The molecule has 1 atom stereocenters. The summed E-state index contributed by atoms with van der Waals surface area (Å²) < 4.78 is 0. The number of aliphatic carboxylic acids is 4. The van der Waals surface area contributed by atoms with Crippen LogP contribution in [-0.2, 0) is 19.2 Å². The molecule has 0 bridgehead atoms. The van der Waals surface area contributed by atoms with E-state index in [0.717, 1.165) is 25.7 Å². The maximum absolute atomic E-state index is 11.5. The van der Waals surface area contributed by atoms with Crippen LogP contribution >= 0.6 is 0 Å². The van der Waals surface area contributed by atoms with Gasteiger partial charge >= 0.3 is 23.9 Å². The quantitative estimate of drug-likeness (QED) is 0.366. The van der Waals surface area contributed by atoms with Crippen molar-refractivity contribution < 1.29 is 39.6 Å². The third-order valence-electron chi connectivity index (χ3n) is 4.86. The monoisotopic (exact) mass is 448 g/mol. The number of rotatable bonds is 9. The molecule has 31 heavy (non-hydrogen) atoms. The van der Waals surface area contributed by atoms with Gasteiger partial charge in [-0.1, -0.05) is 46.5 Å². The fourth-order valence-electron chi connectivity index (χ4n) is 2.18. The third kappa shape index (κ3) is 14.5. The fraction of sp³-hybridized carbons (Fsp3) is 0.826. The molecule has 4 N–H and O–H groups in total. The predicted octanol–water partition coefficient (Wildman–Crippen LogP) is 5.39. The van der Waals surface area contributed by atoms with Crippen molar-refractivity contribution in [3.05, 3.63) is 0 Å². The molecule has 0 aromatic carbocycles. The summed E-state index contributed by atoms with van der Waals surface area (Å²) in [7, 11) is 0. The lowest BCUT2D eigenvalue weighted by molar-refractivity contribution is -0.163. The highest BCUT2D eigenvalue weighted by atomic mass is 16.4. The first-order chi connectivity index (χ1) is 13.8. The van der Waals surface area contributed by atoms with Gasteiger partial charge in [0.25, 0.3) is 0 Å². The average Bonchev–Trinajstić information content (AvgIpc) is 2.60. The number of carbonyl (C=O) groups is 4. The Labute approximate surface area is 187 Å². The Morgan fingerprint density at radius 1 is 0.645 bits per heavy atom. The lowest BCUT2D eigenvalue weighted by atomic mass is 9.69. The largest absolute Gasteiger partial charge is 0.481 e. The van der Waals surface area contributed by atoms with Crippen LogP contribution in [0.15, 0.2) is 0 Å². The summed E-state index contributed by atoms with van der Waals surface area (Å²) >= 11 is 0. The minimum absolute atomic E-state index is 0.451. The first-order valence-corrected chi connectivity index (χ1v) is 10.7. The summed E-state index contributed by atoms with van der Waals surface area (Å²) in [6.45, 7) is 15.5. The second kappa shape index (κ2) is 14.8. The molecule has 0 saturated carbocycles. The van der Waals surface area contributed by atoms with Crippen molar-refractivity contribution in [1.29, 1.82) is 0 Å². The summed E-state index contributed by atoms with van der Waals surface area (Å²) in [5, 5.41) is 35.0. The number of unbranched alkanes of at least 4 members (excludes halogenated alkanes) is 2. The van der Waals surface area contributed by atoms with Crippen LogP contribution in [0.3, 0.4) is 0 Å². The molecule has 8 heteroatoms. The van der Waals surface area contributed by atoms with Gasteiger partial charge in [-0.15, -0.1) is 0 Å². The molecule has 0 aliphatic heterocycles. The maximum Gasteiger partial charge on any atom is 0.310 e. The molecule has 0 fully saturated rings. The molecule has 1 unspecified atom stereocenters. The summed E-state index contributed by atoms with van der Waals surface area (Å²) in [6.07, 6.45) is 4.18. The number of carboxylic acids is 4. The van der Waals surface area contributed by atoms with Crippen LogP contribution in [0.4, 0.5) is 0 Å². The highest BCUT2D eigenvalue weighted by Crippen LogP contribution is 2.39. The van der Waals surface area contributed by atoms with E-state index in [1.165, 1.54) is 6.92 Å².